The van der Waals surface area contributed by atoms with Crippen LogP contribution in [0.4, 0.5) is 0 Å². The lowest BCUT2D eigenvalue weighted by Gasteiger charge is -2.17. The van der Waals surface area contributed by atoms with E-state index in [1.54, 1.807) is 0 Å². The number of nitrogens with one attached hydrogen (secondary N) is 1. The van der Waals surface area contributed by atoms with Crippen LogP contribution < -0.4 is 5.32 Å². The van der Waals surface area contributed by atoms with Crippen LogP contribution in [0.1, 0.15) is 45.2 Å². The van der Waals surface area contributed by atoms with Crippen LogP contribution in [-0.2, 0) is 9.63 Å². The monoisotopic (exact) mass is 276 g/mol. The number of aryl methyl sites for hydroxylation is 1. The summed E-state index contributed by atoms with van der Waals surface area (Å²) < 4.78 is 0. The fourth-order valence-corrected chi connectivity index (χ4v) is 1.44. The second kappa shape index (κ2) is 7.08. The fraction of sp³-hybridized carbons (Fsp3) is 0.500. The molecule has 0 bridgehead atoms. The molecule has 0 aliphatic rings. The maximum Gasteiger partial charge on any atom is 0.273 e. The van der Waals surface area contributed by atoms with E-state index in [1.165, 1.54) is 0 Å². The molecule has 0 radical (unpaired) electrons. The van der Waals surface area contributed by atoms with E-state index in [-0.39, 0.29) is 5.91 Å². The Morgan fingerprint density at radius 2 is 1.85 bits per heavy atom. The van der Waals surface area contributed by atoms with Crippen LogP contribution >= 0.6 is 0 Å². The summed E-state index contributed by atoms with van der Waals surface area (Å²) in [6.45, 7) is 10.3. The zero-order valence-corrected chi connectivity index (χ0v) is 13.0. The van der Waals surface area contributed by atoms with Crippen LogP contribution in [0.3, 0.4) is 0 Å². The van der Waals surface area contributed by atoms with Gasteiger partial charge >= 0.3 is 0 Å². The molecule has 4 heteroatoms. The first kappa shape index (κ1) is 16.2. The van der Waals surface area contributed by atoms with Crippen molar-refractivity contribution in [3.05, 3.63) is 35.4 Å². The van der Waals surface area contributed by atoms with Crippen molar-refractivity contribution in [3.63, 3.8) is 0 Å². The molecule has 0 aromatic heterocycles. The molecule has 0 fully saturated rings. The van der Waals surface area contributed by atoms with Gasteiger partial charge in [-0.2, -0.15) is 0 Å². The predicted octanol–water partition coefficient (Wildman–Crippen LogP) is 3.04. The Bertz CT molecular complexity index is 470. The molecule has 1 N–H and O–H groups in total. The van der Waals surface area contributed by atoms with Crippen molar-refractivity contribution in [2.75, 3.05) is 6.54 Å². The van der Waals surface area contributed by atoms with Gasteiger partial charge in [-0.15, -0.1) is 0 Å². The van der Waals surface area contributed by atoms with Gasteiger partial charge < -0.3 is 10.2 Å². The van der Waals surface area contributed by atoms with E-state index in [0.717, 1.165) is 17.5 Å². The molecule has 1 rings (SSSR count). The first-order valence-electron chi connectivity index (χ1n) is 6.95. The molecule has 20 heavy (non-hydrogen) atoms. The third kappa shape index (κ3) is 5.43. The molecule has 0 spiro atoms. The Kier molecular flexibility index (Phi) is 5.74. The largest absolute Gasteiger partial charge is 0.389 e. The number of hydrogen-bond acceptors (Lipinski definition) is 3. The standard InChI is InChI=1S/C16H24N2O2/c1-6-11-17-15(19)14(18-20-16(3,4)5)13-9-7-12(2)8-10-13/h7-10H,6,11H2,1-5H3,(H,17,19). The third-order valence-electron chi connectivity index (χ3n) is 2.49. The predicted molar refractivity (Wildman–Crippen MR) is 81.9 cm³/mol. The first-order chi connectivity index (χ1) is 9.33. The lowest BCUT2D eigenvalue weighted by molar-refractivity contribution is -0.115. The fourth-order valence-electron chi connectivity index (χ4n) is 1.44. The summed E-state index contributed by atoms with van der Waals surface area (Å²) in [7, 11) is 0. The molecular weight excluding hydrogens is 252 g/mol. The average Bonchev–Trinajstić information content (AvgIpc) is 2.37. The maximum absolute atomic E-state index is 12.2. The first-order valence-corrected chi connectivity index (χ1v) is 6.95. The highest BCUT2D eigenvalue weighted by molar-refractivity contribution is 6.45. The highest BCUT2D eigenvalue weighted by Gasteiger charge is 2.17. The average molecular weight is 276 g/mol. The van der Waals surface area contributed by atoms with E-state index >= 15 is 0 Å². The number of hydrogen-bond donors (Lipinski definition) is 1. The molecule has 4 nitrogen and oxygen atoms in total. The van der Waals surface area contributed by atoms with Crippen LogP contribution in [0, 0.1) is 6.92 Å². The smallest absolute Gasteiger partial charge is 0.273 e. The Morgan fingerprint density at radius 3 is 2.35 bits per heavy atom. The molecule has 1 amide bonds. The molecule has 0 aliphatic heterocycles. The number of amides is 1. The van der Waals surface area contributed by atoms with Gasteiger partial charge in [0.1, 0.15) is 5.60 Å². The van der Waals surface area contributed by atoms with E-state index in [2.05, 4.69) is 10.5 Å². The van der Waals surface area contributed by atoms with Gasteiger partial charge in [0.15, 0.2) is 5.71 Å². The molecule has 0 aliphatic carbocycles. The van der Waals surface area contributed by atoms with Gasteiger partial charge in [0.25, 0.3) is 5.91 Å². The topological polar surface area (TPSA) is 50.7 Å². The number of carbonyl (C=O) groups is 1. The molecule has 0 unspecified atom stereocenters. The summed E-state index contributed by atoms with van der Waals surface area (Å²) in [6, 6.07) is 7.67. The molecule has 1 aromatic rings. The van der Waals surface area contributed by atoms with E-state index in [9.17, 15) is 4.79 Å². The number of oxime groups is 1. The lowest BCUT2D eigenvalue weighted by atomic mass is 10.1. The number of nitrogens with zero attached hydrogens (tertiary/aromatic N) is 1. The lowest BCUT2D eigenvalue weighted by Crippen LogP contribution is -2.33. The number of rotatable bonds is 5. The molecule has 110 valence electrons. The molecule has 0 saturated heterocycles. The minimum absolute atomic E-state index is 0.208. The van der Waals surface area contributed by atoms with Gasteiger partial charge in [0.05, 0.1) is 0 Å². The van der Waals surface area contributed by atoms with Crippen molar-refractivity contribution in [3.8, 4) is 0 Å². The van der Waals surface area contributed by atoms with Crippen LogP contribution in [0.15, 0.2) is 29.4 Å². The van der Waals surface area contributed by atoms with Crippen molar-refractivity contribution < 1.29 is 9.63 Å². The molecule has 0 heterocycles. The number of carbonyl (C=O) groups excluding carboxylic acids is 1. The Hall–Kier alpha value is -1.84. The van der Waals surface area contributed by atoms with E-state index in [1.807, 2.05) is 58.9 Å². The summed E-state index contributed by atoms with van der Waals surface area (Å²) in [5.41, 5.74) is 1.78. The molecule has 1 aromatic carbocycles. The Balaban J connectivity index is 3.00. The van der Waals surface area contributed by atoms with Gasteiger partial charge in [-0.25, -0.2) is 0 Å². The number of benzene rings is 1. The molecule has 0 atom stereocenters. The quantitative estimate of drug-likeness (QED) is 0.664. The summed E-state index contributed by atoms with van der Waals surface area (Å²) >= 11 is 0. The van der Waals surface area contributed by atoms with Gasteiger partial charge in [-0.3, -0.25) is 4.79 Å². The zero-order chi connectivity index (χ0) is 15.2. The molecule has 0 saturated carbocycles. The highest BCUT2D eigenvalue weighted by Crippen LogP contribution is 2.11. The van der Waals surface area contributed by atoms with Gasteiger partial charge in [0.2, 0.25) is 0 Å². The Labute approximate surface area is 121 Å². The van der Waals surface area contributed by atoms with E-state index in [0.29, 0.717) is 12.3 Å². The molecular formula is C16H24N2O2. The van der Waals surface area contributed by atoms with Crippen LogP contribution in [-0.4, -0.2) is 23.8 Å². The van der Waals surface area contributed by atoms with Crippen molar-refractivity contribution in [1.82, 2.24) is 5.32 Å². The van der Waals surface area contributed by atoms with Crippen LogP contribution in [0.2, 0.25) is 0 Å². The minimum Gasteiger partial charge on any atom is -0.389 e. The SMILES string of the molecule is CCCNC(=O)C(=NOC(C)(C)C)c1ccc(C)cc1. The van der Waals surface area contributed by atoms with Crippen molar-refractivity contribution >= 4 is 11.6 Å². The van der Waals surface area contributed by atoms with Crippen molar-refractivity contribution in [2.45, 2.75) is 46.6 Å². The second-order valence-electron chi connectivity index (χ2n) is 5.77. The van der Waals surface area contributed by atoms with Crippen LogP contribution in [0.5, 0.6) is 0 Å². The van der Waals surface area contributed by atoms with Crippen LogP contribution in [0.25, 0.3) is 0 Å². The van der Waals surface area contributed by atoms with Gasteiger partial charge in [-0.1, -0.05) is 41.9 Å². The minimum atomic E-state index is -0.430. The van der Waals surface area contributed by atoms with E-state index in [4.69, 9.17) is 4.84 Å². The zero-order valence-electron chi connectivity index (χ0n) is 13.0. The summed E-state index contributed by atoms with van der Waals surface area (Å²) in [6.07, 6.45) is 0.882. The summed E-state index contributed by atoms with van der Waals surface area (Å²) in [5.74, 6) is -0.208. The third-order valence-corrected chi connectivity index (χ3v) is 2.49. The summed E-state index contributed by atoms with van der Waals surface area (Å²) in [5, 5.41) is 6.88. The second-order valence-corrected chi connectivity index (χ2v) is 5.77. The van der Waals surface area contributed by atoms with E-state index < -0.39 is 5.60 Å². The van der Waals surface area contributed by atoms with Crippen molar-refractivity contribution in [2.24, 2.45) is 5.16 Å². The van der Waals surface area contributed by atoms with Gasteiger partial charge in [-0.05, 0) is 34.1 Å². The summed E-state index contributed by atoms with van der Waals surface area (Å²) in [4.78, 5) is 17.6. The normalized spacial score (nSPS) is 12.2. The van der Waals surface area contributed by atoms with Gasteiger partial charge in [0, 0.05) is 12.1 Å². The van der Waals surface area contributed by atoms with Crippen molar-refractivity contribution in [1.29, 1.82) is 0 Å². The Morgan fingerprint density at radius 1 is 1.25 bits per heavy atom. The maximum atomic E-state index is 12.2. The highest BCUT2D eigenvalue weighted by atomic mass is 16.6.